The monoisotopic (exact) mass is 277 g/mol. The highest BCUT2D eigenvalue weighted by molar-refractivity contribution is 7.90. The van der Waals surface area contributed by atoms with Crippen LogP contribution in [0.1, 0.15) is 13.3 Å². The van der Waals surface area contributed by atoms with E-state index in [1.165, 1.54) is 12.2 Å². The molecule has 0 spiro atoms. The van der Waals surface area contributed by atoms with Gasteiger partial charge in [-0.2, -0.15) is 0 Å². The van der Waals surface area contributed by atoms with Crippen molar-refractivity contribution in [3.8, 4) is 0 Å². The summed E-state index contributed by atoms with van der Waals surface area (Å²) < 4.78 is 29.9. The van der Waals surface area contributed by atoms with Crippen molar-refractivity contribution in [1.82, 2.24) is 4.72 Å². The summed E-state index contributed by atoms with van der Waals surface area (Å²) in [4.78, 5) is 21.7. The fourth-order valence-electron chi connectivity index (χ4n) is 1.60. The van der Waals surface area contributed by atoms with Gasteiger partial charge >= 0.3 is 11.9 Å². The number of ether oxygens (including phenoxy) is 1. The maximum Gasteiger partial charge on any atom is 0.322 e. The molecule has 0 aromatic heterocycles. The third-order valence-corrected chi connectivity index (χ3v) is 3.62. The molecule has 1 aliphatic rings. The van der Waals surface area contributed by atoms with Crippen LogP contribution in [0.15, 0.2) is 12.2 Å². The van der Waals surface area contributed by atoms with E-state index in [1.807, 2.05) is 0 Å². The number of hydrogen-bond donors (Lipinski definition) is 2. The van der Waals surface area contributed by atoms with Gasteiger partial charge in [-0.15, -0.1) is 0 Å². The van der Waals surface area contributed by atoms with E-state index in [4.69, 9.17) is 5.11 Å². The first-order valence-electron chi connectivity index (χ1n) is 5.41. The lowest BCUT2D eigenvalue weighted by Gasteiger charge is -2.12. The molecule has 1 rings (SSSR count). The summed E-state index contributed by atoms with van der Waals surface area (Å²) in [7, 11) is -3.80. The molecule has 0 radical (unpaired) electrons. The van der Waals surface area contributed by atoms with Crippen LogP contribution in [0.5, 0.6) is 0 Å². The zero-order chi connectivity index (χ0) is 13.8. The standard InChI is InChI=1S/C10H15NO6S/c1-2-17-9(12)6-18(15,16)11-8-4-3-7(5-8)10(13)14/h3-4,7-8,11H,2,5-6H2,1H3,(H,13,14). The molecule has 2 atom stereocenters. The number of esters is 1. The van der Waals surface area contributed by atoms with Crippen molar-refractivity contribution in [1.29, 1.82) is 0 Å². The Morgan fingerprint density at radius 3 is 2.61 bits per heavy atom. The summed E-state index contributed by atoms with van der Waals surface area (Å²) in [5.74, 6) is -3.29. The predicted octanol–water partition coefficient (Wildman–Crippen LogP) is -0.502. The molecule has 0 aromatic rings. The number of nitrogens with one attached hydrogen (secondary N) is 1. The fourth-order valence-corrected chi connectivity index (χ4v) is 2.71. The van der Waals surface area contributed by atoms with Gasteiger partial charge in [-0.3, -0.25) is 9.59 Å². The number of carboxylic acid groups (broad SMARTS) is 1. The normalized spacial score (nSPS) is 22.9. The Bertz CT molecular complexity index is 455. The van der Waals surface area contributed by atoms with Crippen LogP contribution in [0.3, 0.4) is 0 Å². The van der Waals surface area contributed by atoms with Gasteiger partial charge in [0.25, 0.3) is 0 Å². The lowest BCUT2D eigenvalue weighted by atomic mass is 10.1. The second-order valence-corrected chi connectivity index (χ2v) is 5.61. The van der Waals surface area contributed by atoms with Crippen LogP contribution < -0.4 is 4.72 Å². The highest BCUT2D eigenvalue weighted by Crippen LogP contribution is 2.18. The van der Waals surface area contributed by atoms with E-state index in [0.29, 0.717) is 0 Å². The molecule has 0 saturated carbocycles. The number of carbonyl (C=O) groups excluding carboxylic acids is 1. The molecular weight excluding hydrogens is 262 g/mol. The number of sulfonamides is 1. The summed E-state index contributed by atoms with van der Waals surface area (Å²) in [5.41, 5.74) is 0. The predicted molar refractivity (Wildman–Crippen MR) is 62.2 cm³/mol. The van der Waals surface area contributed by atoms with Crippen molar-refractivity contribution in [2.75, 3.05) is 12.4 Å². The van der Waals surface area contributed by atoms with Gasteiger partial charge in [-0.1, -0.05) is 12.2 Å². The number of hydrogen-bond acceptors (Lipinski definition) is 5. The Morgan fingerprint density at radius 2 is 2.11 bits per heavy atom. The van der Waals surface area contributed by atoms with Gasteiger partial charge in [0.2, 0.25) is 10.0 Å². The van der Waals surface area contributed by atoms with Gasteiger partial charge in [0.05, 0.1) is 12.5 Å². The first-order valence-corrected chi connectivity index (χ1v) is 7.06. The van der Waals surface area contributed by atoms with E-state index in [1.54, 1.807) is 6.92 Å². The van der Waals surface area contributed by atoms with E-state index < -0.39 is 39.7 Å². The highest BCUT2D eigenvalue weighted by Gasteiger charge is 2.28. The van der Waals surface area contributed by atoms with E-state index in [9.17, 15) is 18.0 Å². The first-order chi connectivity index (χ1) is 8.34. The van der Waals surface area contributed by atoms with Crippen molar-refractivity contribution >= 4 is 22.0 Å². The van der Waals surface area contributed by atoms with Crippen molar-refractivity contribution in [3.63, 3.8) is 0 Å². The van der Waals surface area contributed by atoms with Gasteiger partial charge in [0.15, 0.2) is 5.75 Å². The van der Waals surface area contributed by atoms with Crippen LogP contribution in [0.4, 0.5) is 0 Å². The van der Waals surface area contributed by atoms with Gasteiger partial charge < -0.3 is 9.84 Å². The third kappa shape index (κ3) is 4.46. The maximum atomic E-state index is 11.6. The van der Waals surface area contributed by atoms with Gasteiger partial charge in [-0.05, 0) is 13.3 Å². The lowest BCUT2D eigenvalue weighted by Crippen LogP contribution is -2.37. The van der Waals surface area contributed by atoms with Crippen molar-refractivity contribution in [2.24, 2.45) is 5.92 Å². The molecule has 8 heteroatoms. The molecule has 0 bridgehead atoms. The molecule has 0 heterocycles. The number of carbonyl (C=O) groups is 2. The average molecular weight is 277 g/mol. The van der Waals surface area contributed by atoms with Crippen LogP contribution in [-0.4, -0.2) is 43.9 Å². The molecular formula is C10H15NO6S. The van der Waals surface area contributed by atoms with Crippen LogP contribution >= 0.6 is 0 Å². The second kappa shape index (κ2) is 5.96. The van der Waals surface area contributed by atoms with E-state index in [-0.39, 0.29) is 13.0 Å². The minimum absolute atomic E-state index is 0.110. The highest BCUT2D eigenvalue weighted by atomic mass is 32.2. The van der Waals surface area contributed by atoms with Crippen molar-refractivity contribution in [3.05, 3.63) is 12.2 Å². The molecule has 1 aliphatic carbocycles. The first kappa shape index (κ1) is 14.7. The summed E-state index contributed by atoms with van der Waals surface area (Å²) in [6.45, 7) is 1.69. The van der Waals surface area contributed by atoms with Crippen LogP contribution in [0, 0.1) is 5.92 Å². The largest absolute Gasteiger partial charge is 0.481 e. The minimum Gasteiger partial charge on any atom is -0.481 e. The molecule has 0 amide bonds. The molecule has 0 aromatic carbocycles. The van der Waals surface area contributed by atoms with Crippen LogP contribution in [0.2, 0.25) is 0 Å². The summed E-state index contributed by atoms with van der Waals surface area (Å²) in [6.07, 6.45) is 3.05. The smallest absolute Gasteiger partial charge is 0.322 e. The van der Waals surface area contributed by atoms with E-state index in [2.05, 4.69) is 9.46 Å². The van der Waals surface area contributed by atoms with E-state index in [0.717, 1.165) is 0 Å². The molecule has 0 saturated heterocycles. The quantitative estimate of drug-likeness (QED) is 0.500. The molecule has 102 valence electrons. The lowest BCUT2D eigenvalue weighted by molar-refractivity contribution is -0.141. The fraction of sp³-hybridized carbons (Fsp3) is 0.600. The maximum absolute atomic E-state index is 11.6. The Labute approximate surface area is 105 Å². The van der Waals surface area contributed by atoms with Gasteiger partial charge in [-0.25, -0.2) is 13.1 Å². The average Bonchev–Trinajstić information content (AvgIpc) is 2.64. The summed E-state index contributed by atoms with van der Waals surface area (Å²) >= 11 is 0. The van der Waals surface area contributed by atoms with Gasteiger partial charge in [0, 0.05) is 6.04 Å². The minimum atomic E-state index is -3.80. The van der Waals surface area contributed by atoms with E-state index >= 15 is 0 Å². The van der Waals surface area contributed by atoms with Crippen LogP contribution in [0.25, 0.3) is 0 Å². The Hall–Kier alpha value is -1.41. The van der Waals surface area contributed by atoms with Gasteiger partial charge in [0.1, 0.15) is 0 Å². The second-order valence-electron chi connectivity index (χ2n) is 3.85. The number of carboxylic acids is 1. The summed E-state index contributed by atoms with van der Waals surface area (Å²) in [5, 5.41) is 8.74. The number of rotatable bonds is 6. The molecule has 7 nitrogen and oxygen atoms in total. The SMILES string of the molecule is CCOC(=O)CS(=O)(=O)NC1C=CC(C(=O)O)C1. The van der Waals surface area contributed by atoms with Crippen LogP contribution in [-0.2, 0) is 24.3 Å². The zero-order valence-electron chi connectivity index (χ0n) is 9.83. The molecule has 2 N–H and O–H groups in total. The molecule has 2 unspecified atom stereocenters. The Morgan fingerprint density at radius 1 is 1.44 bits per heavy atom. The third-order valence-electron chi connectivity index (χ3n) is 2.34. The molecule has 0 aliphatic heterocycles. The topological polar surface area (TPSA) is 110 Å². The number of aliphatic carboxylic acids is 1. The molecule has 18 heavy (non-hydrogen) atoms. The summed E-state index contributed by atoms with van der Waals surface area (Å²) in [6, 6.07) is -0.592. The Kier molecular flexibility index (Phi) is 4.85. The Balaban J connectivity index is 2.50. The van der Waals surface area contributed by atoms with Crippen molar-refractivity contribution < 1.29 is 27.9 Å². The molecule has 0 fully saturated rings. The van der Waals surface area contributed by atoms with Crippen molar-refractivity contribution in [2.45, 2.75) is 19.4 Å². The zero-order valence-corrected chi connectivity index (χ0v) is 10.6.